The minimum Gasteiger partial charge on any atom is -0.379 e. The predicted molar refractivity (Wildman–Crippen MR) is 61.7 cm³/mol. The van der Waals surface area contributed by atoms with Gasteiger partial charge in [0, 0.05) is 13.2 Å². The Kier molecular flexibility index (Phi) is 9.35. The molecular weight excluding hydrogens is 176 g/mol. The van der Waals surface area contributed by atoms with Gasteiger partial charge in [0.15, 0.2) is 0 Å². The summed E-state index contributed by atoms with van der Waals surface area (Å²) >= 11 is 0. The fourth-order valence-corrected chi connectivity index (χ4v) is 1.29. The Balaban J connectivity index is 3.14. The Morgan fingerprint density at radius 1 is 1.21 bits per heavy atom. The van der Waals surface area contributed by atoms with E-state index in [1.807, 2.05) is 7.05 Å². The van der Waals surface area contributed by atoms with Gasteiger partial charge >= 0.3 is 0 Å². The highest BCUT2D eigenvalue weighted by Gasteiger charge is 1.98. The average molecular weight is 202 g/mol. The van der Waals surface area contributed by atoms with E-state index in [0.29, 0.717) is 6.10 Å². The minimum atomic E-state index is 0.365. The van der Waals surface area contributed by atoms with E-state index in [-0.39, 0.29) is 0 Å². The zero-order valence-electron chi connectivity index (χ0n) is 10.2. The van der Waals surface area contributed by atoms with E-state index in [0.717, 1.165) is 26.1 Å². The van der Waals surface area contributed by atoms with Crippen LogP contribution in [0.5, 0.6) is 0 Å². The molecule has 0 amide bonds. The molecule has 14 heavy (non-hydrogen) atoms. The number of ether oxygens (including phenoxy) is 1. The van der Waals surface area contributed by atoms with Gasteiger partial charge in [-0.15, -0.1) is 0 Å². The zero-order valence-corrected chi connectivity index (χ0v) is 10.2. The van der Waals surface area contributed by atoms with Gasteiger partial charge in [-0.25, -0.2) is 0 Å². The van der Waals surface area contributed by atoms with Crippen LogP contribution in [0.2, 0.25) is 0 Å². The van der Waals surface area contributed by atoms with Crippen molar-refractivity contribution in [1.82, 2.24) is 10.2 Å². The molecular formula is C11H26N2O. The molecule has 0 aliphatic carbocycles. The molecule has 0 aromatic carbocycles. The van der Waals surface area contributed by atoms with Crippen molar-refractivity contribution in [3.8, 4) is 0 Å². The number of hydrogen-bond donors (Lipinski definition) is 1. The van der Waals surface area contributed by atoms with Crippen LogP contribution in [0.1, 0.15) is 26.7 Å². The second-order valence-electron chi connectivity index (χ2n) is 4.03. The van der Waals surface area contributed by atoms with Crippen LogP contribution >= 0.6 is 0 Å². The van der Waals surface area contributed by atoms with E-state index in [2.05, 4.69) is 31.1 Å². The summed E-state index contributed by atoms with van der Waals surface area (Å²) in [4.78, 5) is 2.36. The molecule has 86 valence electrons. The number of rotatable bonds is 9. The number of nitrogens with one attached hydrogen (secondary N) is 1. The molecule has 1 N–H and O–H groups in total. The van der Waals surface area contributed by atoms with Crippen LogP contribution < -0.4 is 5.32 Å². The second kappa shape index (κ2) is 9.44. The van der Waals surface area contributed by atoms with E-state index >= 15 is 0 Å². The smallest absolute Gasteiger partial charge is 0.0518 e. The van der Waals surface area contributed by atoms with Crippen LogP contribution in [0.15, 0.2) is 0 Å². The van der Waals surface area contributed by atoms with Crippen molar-refractivity contribution in [1.29, 1.82) is 0 Å². The van der Waals surface area contributed by atoms with Crippen LogP contribution in [0.4, 0.5) is 0 Å². The second-order valence-corrected chi connectivity index (χ2v) is 4.03. The minimum absolute atomic E-state index is 0.365. The lowest BCUT2D eigenvalue weighted by atomic mass is 10.3. The Hall–Kier alpha value is -0.120. The first-order valence-corrected chi connectivity index (χ1v) is 5.61. The third kappa shape index (κ3) is 9.96. The van der Waals surface area contributed by atoms with Crippen molar-refractivity contribution in [2.75, 3.05) is 40.3 Å². The molecule has 0 aromatic heterocycles. The van der Waals surface area contributed by atoms with Crippen LogP contribution in [0, 0.1) is 0 Å². The maximum absolute atomic E-state index is 5.48. The third-order valence-corrected chi connectivity index (χ3v) is 2.10. The van der Waals surface area contributed by atoms with Crippen LogP contribution in [0.3, 0.4) is 0 Å². The van der Waals surface area contributed by atoms with Crippen molar-refractivity contribution in [3.05, 3.63) is 0 Å². The first-order chi connectivity index (χ1) is 6.66. The fraction of sp³-hybridized carbons (Fsp3) is 1.00. The molecule has 0 unspecified atom stereocenters. The van der Waals surface area contributed by atoms with Gasteiger partial charge in [-0.2, -0.15) is 0 Å². The van der Waals surface area contributed by atoms with Crippen LogP contribution in [0.25, 0.3) is 0 Å². The molecule has 0 aliphatic heterocycles. The number of hydrogen-bond acceptors (Lipinski definition) is 3. The highest BCUT2D eigenvalue weighted by atomic mass is 16.5. The standard InChI is InChI=1S/C11H26N2O/c1-11(2)14-10-6-9-13(4)8-5-7-12-3/h11-12H,5-10H2,1-4H3. The molecule has 3 heteroatoms. The first kappa shape index (κ1) is 13.9. The lowest BCUT2D eigenvalue weighted by Gasteiger charge is -2.16. The molecule has 0 bridgehead atoms. The van der Waals surface area contributed by atoms with Gasteiger partial charge < -0.3 is 15.0 Å². The summed E-state index contributed by atoms with van der Waals surface area (Å²) in [6.07, 6.45) is 2.72. The van der Waals surface area contributed by atoms with E-state index in [1.165, 1.54) is 13.0 Å². The van der Waals surface area contributed by atoms with Gasteiger partial charge in [0.2, 0.25) is 0 Å². The summed E-state index contributed by atoms with van der Waals surface area (Å²) in [5.41, 5.74) is 0. The third-order valence-electron chi connectivity index (χ3n) is 2.10. The van der Waals surface area contributed by atoms with Gasteiger partial charge in [0.1, 0.15) is 0 Å². The Bertz CT molecular complexity index is 118. The highest BCUT2D eigenvalue weighted by Crippen LogP contribution is 1.93. The topological polar surface area (TPSA) is 24.5 Å². The van der Waals surface area contributed by atoms with Gasteiger partial charge in [0.05, 0.1) is 6.10 Å². The van der Waals surface area contributed by atoms with E-state index in [4.69, 9.17) is 4.74 Å². The van der Waals surface area contributed by atoms with Gasteiger partial charge in [-0.1, -0.05) is 0 Å². The first-order valence-electron chi connectivity index (χ1n) is 5.61. The summed E-state index contributed by atoms with van der Waals surface area (Å²) in [5, 5.41) is 3.15. The molecule has 0 saturated carbocycles. The molecule has 0 aliphatic rings. The lowest BCUT2D eigenvalue weighted by Crippen LogP contribution is -2.24. The van der Waals surface area contributed by atoms with Crippen molar-refractivity contribution in [2.45, 2.75) is 32.8 Å². The Labute approximate surface area is 88.8 Å². The largest absolute Gasteiger partial charge is 0.379 e. The molecule has 0 heterocycles. The fourth-order valence-electron chi connectivity index (χ4n) is 1.29. The van der Waals surface area contributed by atoms with Crippen molar-refractivity contribution < 1.29 is 4.74 Å². The maximum atomic E-state index is 5.48. The summed E-state index contributed by atoms with van der Waals surface area (Å²) in [7, 11) is 4.17. The van der Waals surface area contributed by atoms with Crippen LogP contribution in [-0.4, -0.2) is 51.3 Å². The lowest BCUT2D eigenvalue weighted by molar-refractivity contribution is 0.0721. The normalized spacial score (nSPS) is 11.6. The molecule has 0 radical (unpaired) electrons. The van der Waals surface area contributed by atoms with Gasteiger partial charge in [-0.3, -0.25) is 0 Å². The molecule has 0 fully saturated rings. The summed E-state index contributed by atoms with van der Waals surface area (Å²) in [5.74, 6) is 0. The monoisotopic (exact) mass is 202 g/mol. The van der Waals surface area contributed by atoms with Crippen molar-refractivity contribution in [3.63, 3.8) is 0 Å². The molecule has 3 nitrogen and oxygen atoms in total. The zero-order chi connectivity index (χ0) is 10.8. The van der Waals surface area contributed by atoms with Gasteiger partial charge in [0.25, 0.3) is 0 Å². The average Bonchev–Trinajstić information content (AvgIpc) is 2.13. The summed E-state index contributed by atoms with van der Waals surface area (Å²) in [6.45, 7) is 8.45. The van der Waals surface area contributed by atoms with E-state index < -0.39 is 0 Å². The predicted octanol–water partition coefficient (Wildman–Crippen LogP) is 1.34. The van der Waals surface area contributed by atoms with Crippen LogP contribution in [-0.2, 0) is 4.74 Å². The van der Waals surface area contributed by atoms with Gasteiger partial charge in [-0.05, 0) is 53.9 Å². The summed E-state index contributed by atoms with van der Waals surface area (Å²) in [6, 6.07) is 0. The van der Waals surface area contributed by atoms with Crippen molar-refractivity contribution >= 4 is 0 Å². The molecule has 0 spiro atoms. The summed E-state index contributed by atoms with van der Waals surface area (Å²) < 4.78 is 5.48. The Morgan fingerprint density at radius 3 is 2.43 bits per heavy atom. The van der Waals surface area contributed by atoms with E-state index in [1.54, 1.807) is 0 Å². The highest BCUT2D eigenvalue weighted by molar-refractivity contribution is 4.53. The SMILES string of the molecule is CNCCCN(C)CCCOC(C)C. The molecule has 0 rings (SSSR count). The molecule has 0 atom stereocenters. The Morgan fingerprint density at radius 2 is 1.86 bits per heavy atom. The quantitative estimate of drug-likeness (QED) is 0.571. The number of nitrogens with zero attached hydrogens (tertiary/aromatic N) is 1. The maximum Gasteiger partial charge on any atom is 0.0518 e. The molecule has 0 aromatic rings. The van der Waals surface area contributed by atoms with E-state index in [9.17, 15) is 0 Å². The van der Waals surface area contributed by atoms with Crippen molar-refractivity contribution in [2.24, 2.45) is 0 Å². The molecule has 0 saturated heterocycles.